The van der Waals surface area contributed by atoms with Crippen LogP contribution in [-0.2, 0) is 6.54 Å². The molecule has 1 aliphatic carbocycles. The van der Waals surface area contributed by atoms with Crippen molar-refractivity contribution in [1.29, 1.82) is 0 Å². The van der Waals surface area contributed by atoms with E-state index in [4.69, 9.17) is 4.52 Å². The van der Waals surface area contributed by atoms with E-state index in [0.29, 0.717) is 17.5 Å². The van der Waals surface area contributed by atoms with Crippen molar-refractivity contribution in [2.24, 2.45) is 5.92 Å². The molecule has 0 amide bonds. The van der Waals surface area contributed by atoms with Gasteiger partial charge in [-0.3, -0.25) is 4.90 Å². The molecule has 2 aliphatic rings. The summed E-state index contributed by atoms with van der Waals surface area (Å²) in [5.74, 6) is 1.66. The van der Waals surface area contributed by atoms with Gasteiger partial charge in [0.2, 0.25) is 0 Å². The fourth-order valence-electron chi connectivity index (χ4n) is 4.10. The van der Waals surface area contributed by atoms with Gasteiger partial charge in [-0.15, -0.1) is 0 Å². The molecule has 1 aliphatic heterocycles. The average molecular weight is 291 g/mol. The summed E-state index contributed by atoms with van der Waals surface area (Å²) in [6.07, 6.45) is 6.79. The molecular formula is C17H29N3O. The van der Waals surface area contributed by atoms with Crippen LogP contribution >= 0.6 is 0 Å². The van der Waals surface area contributed by atoms with E-state index in [1.165, 1.54) is 32.1 Å². The molecule has 1 saturated carbocycles. The molecule has 1 aromatic rings. The van der Waals surface area contributed by atoms with Crippen LogP contribution < -0.4 is 5.32 Å². The van der Waals surface area contributed by atoms with E-state index in [1.807, 2.05) is 6.92 Å². The average Bonchev–Trinajstić information content (AvgIpc) is 2.85. The van der Waals surface area contributed by atoms with Crippen LogP contribution in [0.5, 0.6) is 0 Å². The maximum absolute atomic E-state index is 5.46. The van der Waals surface area contributed by atoms with Crippen LogP contribution in [0, 0.1) is 12.8 Å². The van der Waals surface area contributed by atoms with E-state index in [-0.39, 0.29) is 0 Å². The van der Waals surface area contributed by atoms with Crippen molar-refractivity contribution in [2.75, 3.05) is 13.1 Å². The maximum atomic E-state index is 5.46. The molecule has 0 aromatic carbocycles. The number of aryl methyl sites for hydroxylation is 1. The monoisotopic (exact) mass is 291 g/mol. The fraction of sp³-hybridized carbons (Fsp3) is 0.824. The van der Waals surface area contributed by atoms with Crippen molar-refractivity contribution in [1.82, 2.24) is 15.4 Å². The van der Waals surface area contributed by atoms with Crippen LogP contribution in [0.25, 0.3) is 0 Å². The van der Waals surface area contributed by atoms with Crippen molar-refractivity contribution in [3.63, 3.8) is 0 Å². The number of piperazine rings is 1. The summed E-state index contributed by atoms with van der Waals surface area (Å²) in [6, 6.07) is 2.66. The van der Waals surface area contributed by atoms with Crippen LogP contribution in [0.1, 0.15) is 57.4 Å². The molecule has 1 spiro atoms. The Bertz CT molecular complexity index is 462. The van der Waals surface area contributed by atoms with Crippen LogP contribution in [0.4, 0.5) is 0 Å². The lowest BCUT2D eigenvalue weighted by Crippen LogP contribution is -2.65. The zero-order valence-electron chi connectivity index (χ0n) is 13.7. The zero-order valence-corrected chi connectivity index (χ0v) is 13.7. The zero-order chi connectivity index (χ0) is 14.9. The Morgan fingerprint density at radius 3 is 2.76 bits per heavy atom. The Balaban J connectivity index is 1.74. The lowest BCUT2D eigenvalue weighted by molar-refractivity contribution is 0.0255. The summed E-state index contributed by atoms with van der Waals surface area (Å²) in [6.45, 7) is 9.79. The summed E-state index contributed by atoms with van der Waals surface area (Å²) in [5.41, 5.74) is 1.33. The highest BCUT2D eigenvalue weighted by atomic mass is 16.5. The fourth-order valence-corrected chi connectivity index (χ4v) is 4.10. The van der Waals surface area contributed by atoms with E-state index < -0.39 is 0 Å². The molecule has 118 valence electrons. The van der Waals surface area contributed by atoms with Gasteiger partial charge in [-0.1, -0.05) is 38.3 Å². The summed E-state index contributed by atoms with van der Waals surface area (Å²) < 4.78 is 5.46. The highest BCUT2D eigenvalue weighted by molar-refractivity contribution is 5.06. The van der Waals surface area contributed by atoms with Crippen molar-refractivity contribution in [3.8, 4) is 0 Å². The minimum absolute atomic E-state index is 0.346. The van der Waals surface area contributed by atoms with Gasteiger partial charge in [0.15, 0.2) is 5.76 Å². The molecular weight excluding hydrogens is 262 g/mol. The number of hydrogen-bond donors (Lipinski definition) is 1. The minimum Gasteiger partial charge on any atom is -0.360 e. The van der Waals surface area contributed by atoms with Gasteiger partial charge in [0, 0.05) is 30.7 Å². The Kier molecular flexibility index (Phi) is 4.36. The molecule has 0 bridgehead atoms. The SMILES string of the molecule is Cc1cc(CN2CC3(CCCCC3)NCC2C(C)C)on1. The van der Waals surface area contributed by atoms with E-state index in [0.717, 1.165) is 31.1 Å². The van der Waals surface area contributed by atoms with Crippen LogP contribution in [0.2, 0.25) is 0 Å². The number of rotatable bonds is 3. The first kappa shape index (κ1) is 15.0. The predicted octanol–water partition coefficient (Wildman–Crippen LogP) is 3.12. The smallest absolute Gasteiger partial charge is 0.150 e. The molecule has 0 radical (unpaired) electrons. The van der Waals surface area contributed by atoms with Crippen molar-refractivity contribution < 1.29 is 4.52 Å². The second kappa shape index (κ2) is 6.09. The lowest BCUT2D eigenvalue weighted by Gasteiger charge is -2.50. The molecule has 1 unspecified atom stereocenters. The third-order valence-electron chi connectivity index (χ3n) is 5.28. The first-order valence-electron chi connectivity index (χ1n) is 8.49. The molecule has 1 N–H and O–H groups in total. The van der Waals surface area contributed by atoms with Gasteiger partial charge < -0.3 is 9.84 Å². The van der Waals surface area contributed by atoms with Gasteiger partial charge in [0.25, 0.3) is 0 Å². The second-order valence-electron chi connectivity index (χ2n) is 7.37. The van der Waals surface area contributed by atoms with Crippen LogP contribution in [0.15, 0.2) is 10.6 Å². The molecule has 3 rings (SSSR count). The third-order valence-corrected chi connectivity index (χ3v) is 5.28. The predicted molar refractivity (Wildman–Crippen MR) is 84.1 cm³/mol. The van der Waals surface area contributed by atoms with Crippen molar-refractivity contribution >= 4 is 0 Å². The second-order valence-corrected chi connectivity index (χ2v) is 7.37. The molecule has 2 fully saturated rings. The van der Waals surface area contributed by atoms with Crippen molar-refractivity contribution in [3.05, 3.63) is 17.5 Å². The first-order chi connectivity index (χ1) is 10.1. The normalized spacial score (nSPS) is 26.6. The number of nitrogens with zero attached hydrogens (tertiary/aromatic N) is 2. The van der Waals surface area contributed by atoms with Crippen LogP contribution in [-0.4, -0.2) is 34.7 Å². The topological polar surface area (TPSA) is 41.3 Å². The summed E-state index contributed by atoms with van der Waals surface area (Å²) in [4.78, 5) is 2.63. The first-order valence-corrected chi connectivity index (χ1v) is 8.49. The Morgan fingerprint density at radius 1 is 1.38 bits per heavy atom. The quantitative estimate of drug-likeness (QED) is 0.929. The van der Waals surface area contributed by atoms with Crippen LogP contribution in [0.3, 0.4) is 0 Å². The number of hydrogen-bond acceptors (Lipinski definition) is 4. The molecule has 1 atom stereocenters. The molecule has 4 nitrogen and oxygen atoms in total. The molecule has 1 aromatic heterocycles. The summed E-state index contributed by atoms with van der Waals surface area (Å²) >= 11 is 0. The van der Waals surface area contributed by atoms with Gasteiger partial charge in [-0.2, -0.15) is 0 Å². The maximum Gasteiger partial charge on any atom is 0.150 e. The minimum atomic E-state index is 0.346. The Labute approximate surface area is 128 Å². The van der Waals surface area contributed by atoms with Gasteiger partial charge >= 0.3 is 0 Å². The van der Waals surface area contributed by atoms with Gasteiger partial charge in [0.05, 0.1) is 12.2 Å². The van der Waals surface area contributed by atoms with E-state index >= 15 is 0 Å². The molecule has 4 heteroatoms. The number of nitrogens with one attached hydrogen (secondary N) is 1. The highest BCUT2D eigenvalue weighted by Crippen LogP contribution is 2.33. The van der Waals surface area contributed by atoms with Gasteiger partial charge in [0.1, 0.15) is 0 Å². The molecule has 1 saturated heterocycles. The van der Waals surface area contributed by atoms with Crippen molar-refractivity contribution in [2.45, 2.75) is 71.0 Å². The Hall–Kier alpha value is -0.870. The van der Waals surface area contributed by atoms with E-state index in [2.05, 4.69) is 35.3 Å². The number of aromatic nitrogens is 1. The highest BCUT2D eigenvalue weighted by Gasteiger charge is 2.40. The van der Waals surface area contributed by atoms with E-state index in [1.54, 1.807) is 0 Å². The lowest BCUT2D eigenvalue weighted by atomic mass is 9.78. The van der Waals surface area contributed by atoms with E-state index in [9.17, 15) is 0 Å². The standard InChI is InChI=1S/C17H29N3O/c1-13(2)16-10-18-17(7-5-4-6-8-17)12-20(16)11-15-9-14(3)19-21-15/h9,13,16,18H,4-8,10-12H2,1-3H3. The summed E-state index contributed by atoms with van der Waals surface area (Å²) in [7, 11) is 0. The van der Waals surface area contributed by atoms with Gasteiger partial charge in [-0.25, -0.2) is 0 Å². The molecule has 21 heavy (non-hydrogen) atoms. The largest absolute Gasteiger partial charge is 0.360 e. The third kappa shape index (κ3) is 3.32. The summed E-state index contributed by atoms with van der Waals surface area (Å²) in [5, 5.41) is 7.94. The Morgan fingerprint density at radius 2 is 2.14 bits per heavy atom. The van der Waals surface area contributed by atoms with Gasteiger partial charge in [-0.05, 0) is 25.7 Å². The molecule has 2 heterocycles.